The molecular formula is C10H17N. The van der Waals surface area contributed by atoms with E-state index in [1.807, 2.05) is 27.0 Å². The summed E-state index contributed by atoms with van der Waals surface area (Å²) in [4.78, 5) is 2.15. The Morgan fingerprint density at radius 1 is 1.64 bits per heavy atom. The summed E-state index contributed by atoms with van der Waals surface area (Å²) in [5, 5.41) is 0. The molecule has 0 saturated carbocycles. The molecule has 0 atom stereocenters. The molecule has 62 valence electrons. The molecule has 0 amide bonds. The highest BCUT2D eigenvalue weighted by molar-refractivity contribution is 5.07. The highest BCUT2D eigenvalue weighted by Gasteiger charge is 2.18. The summed E-state index contributed by atoms with van der Waals surface area (Å²) in [6.45, 7) is 8.71. The monoisotopic (exact) mass is 151 g/mol. The number of nitrogens with zero attached hydrogens (tertiary/aromatic N) is 1. The second-order valence-electron chi connectivity index (χ2n) is 3.20. The van der Waals surface area contributed by atoms with Crippen LogP contribution in [0, 0.1) is 12.3 Å². The quantitative estimate of drug-likeness (QED) is 0.438. The molecule has 1 heteroatoms. The lowest BCUT2D eigenvalue weighted by molar-refractivity contribution is 0.218. The molecule has 0 N–H and O–H groups in total. The molecule has 0 aromatic heterocycles. The number of hydrogen-bond acceptors (Lipinski definition) is 1. The van der Waals surface area contributed by atoms with E-state index in [0.717, 1.165) is 13.0 Å². The third kappa shape index (κ3) is 3.25. The van der Waals surface area contributed by atoms with Gasteiger partial charge in [-0.25, -0.2) is 0 Å². The van der Waals surface area contributed by atoms with Crippen molar-refractivity contribution in [3.8, 4) is 12.3 Å². The number of terminal acetylenes is 1. The average Bonchev–Trinajstić information content (AvgIpc) is 2.00. The van der Waals surface area contributed by atoms with Crippen molar-refractivity contribution in [2.75, 3.05) is 13.6 Å². The first kappa shape index (κ1) is 10.3. The van der Waals surface area contributed by atoms with Crippen LogP contribution >= 0.6 is 0 Å². The fourth-order valence-corrected chi connectivity index (χ4v) is 0.675. The molecule has 0 heterocycles. The molecule has 0 rings (SSSR count). The van der Waals surface area contributed by atoms with E-state index in [2.05, 4.69) is 17.4 Å². The van der Waals surface area contributed by atoms with Crippen molar-refractivity contribution in [3.63, 3.8) is 0 Å². The highest BCUT2D eigenvalue weighted by atomic mass is 15.1. The topological polar surface area (TPSA) is 3.24 Å². The van der Waals surface area contributed by atoms with Gasteiger partial charge in [0.05, 0.1) is 5.54 Å². The van der Waals surface area contributed by atoms with E-state index >= 15 is 0 Å². The van der Waals surface area contributed by atoms with Crippen molar-refractivity contribution < 1.29 is 0 Å². The Balaban J connectivity index is 3.93. The summed E-state index contributed by atoms with van der Waals surface area (Å²) < 4.78 is 0. The standard InChI is InChI=1S/C10H17N/c1-6-8-9-11(5)10(3,4)7-2/h2,6H,1,8-9H2,3-5H3. The van der Waals surface area contributed by atoms with Gasteiger partial charge in [0, 0.05) is 6.54 Å². The van der Waals surface area contributed by atoms with Gasteiger partial charge >= 0.3 is 0 Å². The van der Waals surface area contributed by atoms with Crippen LogP contribution in [0.2, 0.25) is 0 Å². The van der Waals surface area contributed by atoms with Crippen molar-refractivity contribution in [3.05, 3.63) is 12.7 Å². The first-order valence-corrected chi connectivity index (χ1v) is 3.84. The van der Waals surface area contributed by atoms with Gasteiger partial charge in [0.25, 0.3) is 0 Å². The molecule has 0 saturated heterocycles. The van der Waals surface area contributed by atoms with Gasteiger partial charge in [-0.1, -0.05) is 12.0 Å². The first-order chi connectivity index (χ1) is 5.04. The van der Waals surface area contributed by atoms with Crippen molar-refractivity contribution in [1.29, 1.82) is 0 Å². The molecule has 0 bridgehead atoms. The largest absolute Gasteiger partial charge is 0.291 e. The summed E-state index contributed by atoms with van der Waals surface area (Å²) >= 11 is 0. The zero-order valence-electron chi connectivity index (χ0n) is 7.72. The van der Waals surface area contributed by atoms with Gasteiger partial charge in [0.1, 0.15) is 0 Å². The van der Waals surface area contributed by atoms with Gasteiger partial charge in [0.2, 0.25) is 0 Å². The van der Waals surface area contributed by atoms with Gasteiger partial charge < -0.3 is 0 Å². The van der Waals surface area contributed by atoms with Crippen LogP contribution in [0.25, 0.3) is 0 Å². The molecule has 0 aliphatic carbocycles. The van der Waals surface area contributed by atoms with Crippen molar-refractivity contribution in [2.45, 2.75) is 25.8 Å². The molecule has 0 aromatic rings. The third-order valence-corrected chi connectivity index (χ3v) is 1.98. The van der Waals surface area contributed by atoms with Crippen molar-refractivity contribution >= 4 is 0 Å². The third-order valence-electron chi connectivity index (χ3n) is 1.98. The maximum Gasteiger partial charge on any atom is 0.0763 e. The minimum atomic E-state index is -0.136. The Morgan fingerprint density at radius 2 is 2.18 bits per heavy atom. The average molecular weight is 151 g/mol. The summed E-state index contributed by atoms with van der Waals surface area (Å²) in [6.07, 6.45) is 8.25. The Bertz CT molecular complexity index is 162. The van der Waals surface area contributed by atoms with Gasteiger partial charge in [-0.2, -0.15) is 0 Å². The Kier molecular flexibility index (Phi) is 3.92. The first-order valence-electron chi connectivity index (χ1n) is 3.84. The van der Waals surface area contributed by atoms with E-state index in [-0.39, 0.29) is 5.54 Å². The number of rotatable bonds is 4. The smallest absolute Gasteiger partial charge is 0.0763 e. The summed E-state index contributed by atoms with van der Waals surface area (Å²) in [5.41, 5.74) is -0.136. The van der Waals surface area contributed by atoms with E-state index in [1.54, 1.807) is 0 Å². The predicted molar refractivity (Wildman–Crippen MR) is 50.4 cm³/mol. The SMILES string of the molecule is C#CC(C)(C)N(C)CCC=C. The maximum atomic E-state index is 5.36. The van der Waals surface area contributed by atoms with Crippen LogP contribution in [-0.4, -0.2) is 24.0 Å². The number of hydrogen-bond donors (Lipinski definition) is 0. The molecular weight excluding hydrogens is 134 g/mol. The van der Waals surface area contributed by atoms with Crippen LogP contribution in [0.15, 0.2) is 12.7 Å². The summed E-state index contributed by atoms with van der Waals surface area (Å²) in [7, 11) is 2.03. The van der Waals surface area contributed by atoms with Gasteiger partial charge in [0.15, 0.2) is 0 Å². The Hall–Kier alpha value is -0.740. The predicted octanol–water partition coefficient (Wildman–Crippen LogP) is 1.91. The Labute approximate surface area is 70.1 Å². The normalized spacial score (nSPS) is 11.2. The van der Waals surface area contributed by atoms with E-state index in [0.29, 0.717) is 0 Å². The second-order valence-corrected chi connectivity index (χ2v) is 3.20. The highest BCUT2D eigenvalue weighted by Crippen LogP contribution is 2.10. The van der Waals surface area contributed by atoms with E-state index in [1.165, 1.54) is 0 Å². The lowest BCUT2D eigenvalue weighted by atomic mass is 10.1. The summed E-state index contributed by atoms with van der Waals surface area (Å²) in [6, 6.07) is 0. The van der Waals surface area contributed by atoms with E-state index in [4.69, 9.17) is 6.42 Å². The Morgan fingerprint density at radius 3 is 2.55 bits per heavy atom. The van der Waals surface area contributed by atoms with Gasteiger partial charge in [-0.3, -0.25) is 4.90 Å². The lowest BCUT2D eigenvalue weighted by Gasteiger charge is -2.30. The second kappa shape index (κ2) is 4.20. The summed E-state index contributed by atoms with van der Waals surface area (Å²) in [5.74, 6) is 2.74. The molecule has 0 aliphatic rings. The van der Waals surface area contributed by atoms with E-state index in [9.17, 15) is 0 Å². The minimum Gasteiger partial charge on any atom is -0.291 e. The van der Waals surface area contributed by atoms with Crippen molar-refractivity contribution in [2.24, 2.45) is 0 Å². The molecule has 0 aliphatic heterocycles. The van der Waals surface area contributed by atoms with Crippen LogP contribution in [0.5, 0.6) is 0 Å². The molecule has 1 nitrogen and oxygen atoms in total. The van der Waals surface area contributed by atoms with Gasteiger partial charge in [-0.15, -0.1) is 13.0 Å². The van der Waals surface area contributed by atoms with Crippen LogP contribution in [-0.2, 0) is 0 Å². The van der Waals surface area contributed by atoms with Crippen molar-refractivity contribution in [1.82, 2.24) is 4.90 Å². The molecule has 0 fully saturated rings. The zero-order valence-corrected chi connectivity index (χ0v) is 7.72. The van der Waals surface area contributed by atoms with Gasteiger partial charge in [-0.05, 0) is 27.3 Å². The molecule has 0 unspecified atom stereocenters. The molecule has 0 aromatic carbocycles. The zero-order chi connectivity index (χ0) is 8.91. The van der Waals surface area contributed by atoms with Crippen LogP contribution < -0.4 is 0 Å². The maximum absolute atomic E-state index is 5.36. The van der Waals surface area contributed by atoms with Crippen LogP contribution in [0.3, 0.4) is 0 Å². The fourth-order valence-electron chi connectivity index (χ4n) is 0.675. The lowest BCUT2D eigenvalue weighted by Crippen LogP contribution is -2.40. The molecule has 0 spiro atoms. The fraction of sp³-hybridized carbons (Fsp3) is 0.600. The molecule has 11 heavy (non-hydrogen) atoms. The molecule has 0 radical (unpaired) electrons. The van der Waals surface area contributed by atoms with E-state index < -0.39 is 0 Å². The van der Waals surface area contributed by atoms with Crippen LogP contribution in [0.1, 0.15) is 20.3 Å². The minimum absolute atomic E-state index is 0.136. The van der Waals surface area contributed by atoms with Crippen LogP contribution in [0.4, 0.5) is 0 Å².